The molecule has 19 heavy (non-hydrogen) atoms. The van der Waals surface area contributed by atoms with Gasteiger partial charge < -0.3 is 14.6 Å². The van der Waals surface area contributed by atoms with Crippen molar-refractivity contribution in [3.63, 3.8) is 0 Å². The summed E-state index contributed by atoms with van der Waals surface area (Å²) in [6.07, 6.45) is 0.487. The monoisotopic (exact) mass is 312 g/mol. The summed E-state index contributed by atoms with van der Waals surface area (Å²) in [4.78, 5) is 11.0. The van der Waals surface area contributed by atoms with E-state index in [0.717, 1.165) is 6.07 Å². The van der Waals surface area contributed by atoms with Gasteiger partial charge in [0.1, 0.15) is 11.4 Å². The molecule has 0 saturated carbocycles. The Labute approximate surface area is 152 Å². The Balaban J connectivity index is 0.00000180. The van der Waals surface area contributed by atoms with Crippen LogP contribution < -0.4 is 55.7 Å². The number of anilines is 1. The number of phenols is 1. The van der Waals surface area contributed by atoms with Crippen LogP contribution in [0.3, 0.4) is 0 Å². The van der Waals surface area contributed by atoms with Gasteiger partial charge >= 0.3 is 51.4 Å². The summed E-state index contributed by atoms with van der Waals surface area (Å²) in [5.41, 5.74) is -0.0181. The van der Waals surface area contributed by atoms with Crippen LogP contribution in [0.4, 0.5) is 10.1 Å². The van der Waals surface area contributed by atoms with Crippen LogP contribution in [0.2, 0.25) is 0 Å². The third-order valence-electron chi connectivity index (χ3n) is 2.54. The van der Waals surface area contributed by atoms with Gasteiger partial charge in [-0.05, 0) is 24.1 Å². The van der Waals surface area contributed by atoms with E-state index in [2.05, 4.69) is 4.72 Å². The molecule has 9 heteroatoms. The van der Waals surface area contributed by atoms with Gasteiger partial charge in [-0.3, -0.25) is 4.31 Å². The van der Waals surface area contributed by atoms with E-state index in [4.69, 9.17) is 0 Å². The fraction of sp³-hybridized carbons (Fsp3) is 0.300. The Hall–Kier alpha value is -0.194. The van der Waals surface area contributed by atoms with Crippen LogP contribution in [0.25, 0.3) is 4.72 Å². The summed E-state index contributed by atoms with van der Waals surface area (Å²) < 4.78 is 40.1. The Kier molecular flexibility index (Phi) is 5.38. The smallest absolute Gasteiger partial charge is 0.526 e. The van der Waals surface area contributed by atoms with Gasteiger partial charge in [0.05, 0.1) is 12.5 Å². The molecule has 0 spiro atoms. The number of nitrogens with zero attached hydrogens (tertiary/aromatic N) is 2. The Morgan fingerprint density at radius 2 is 2.11 bits per heavy atom. The second kappa shape index (κ2) is 6.06. The van der Waals surface area contributed by atoms with Gasteiger partial charge in [-0.1, -0.05) is 6.92 Å². The third-order valence-corrected chi connectivity index (χ3v) is 3.84. The van der Waals surface area contributed by atoms with Crippen molar-refractivity contribution >= 4 is 21.8 Å². The van der Waals surface area contributed by atoms with E-state index in [9.17, 15) is 22.7 Å². The molecule has 1 heterocycles. The average Bonchev–Trinajstić information content (AvgIpc) is 2.51. The number of phenolic OH excluding ortho intramolecular Hbond substituents is 1. The standard InChI is InChI=1S/C10H11FN2O4S.K/c1-2-6-3-7(11)10(8(14)4-6)13-5-9(15)12-18(13,16)17;/h3-4H,2,5H2,1H3,(H2,12,14,15);/q;+1/p-1. The van der Waals surface area contributed by atoms with Gasteiger partial charge in [-0.15, -0.1) is 0 Å². The van der Waals surface area contributed by atoms with Crippen LogP contribution in [-0.4, -0.2) is 26.0 Å². The zero-order valence-corrected chi connectivity index (χ0v) is 14.4. The topological polar surface area (TPSA) is 88.8 Å². The van der Waals surface area contributed by atoms with Crippen molar-refractivity contribution in [2.45, 2.75) is 13.3 Å². The van der Waals surface area contributed by atoms with E-state index < -0.39 is 39.9 Å². The predicted octanol–water partition coefficient (Wildman–Crippen LogP) is -1.94. The molecule has 0 radical (unpaired) electrons. The van der Waals surface area contributed by atoms with E-state index in [0.29, 0.717) is 16.3 Å². The number of benzene rings is 1. The van der Waals surface area contributed by atoms with Crippen molar-refractivity contribution in [1.82, 2.24) is 0 Å². The molecule has 1 aliphatic rings. The maximum absolute atomic E-state index is 13.8. The van der Waals surface area contributed by atoms with Crippen molar-refractivity contribution in [3.05, 3.63) is 28.2 Å². The molecule has 0 aliphatic carbocycles. The Morgan fingerprint density at radius 3 is 2.53 bits per heavy atom. The predicted molar refractivity (Wildman–Crippen MR) is 62.1 cm³/mol. The Bertz CT molecular complexity index is 597. The largest absolute Gasteiger partial charge is 1.00 e. The number of rotatable bonds is 2. The van der Waals surface area contributed by atoms with E-state index in [1.54, 1.807) is 6.92 Å². The fourth-order valence-corrected chi connectivity index (χ4v) is 2.79. The minimum atomic E-state index is -4.25. The van der Waals surface area contributed by atoms with Crippen LogP contribution >= 0.6 is 0 Å². The first-order chi connectivity index (χ1) is 8.35. The van der Waals surface area contributed by atoms with Gasteiger partial charge in [-0.25, -0.2) is 12.8 Å². The van der Waals surface area contributed by atoms with Gasteiger partial charge in [0.2, 0.25) is 0 Å². The minimum absolute atomic E-state index is 0. The summed E-state index contributed by atoms with van der Waals surface area (Å²) in [6.45, 7) is 1.16. The molecular weight excluding hydrogens is 302 g/mol. The zero-order chi connectivity index (χ0) is 13.5. The first-order valence-electron chi connectivity index (χ1n) is 5.15. The number of hydrogen-bond acceptors (Lipinski definition) is 4. The SMILES string of the molecule is CCc1cc(O)c(N2CC(=O)[N-]S2(=O)=O)c(F)c1.[K+]. The molecule has 1 saturated heterocycles. The number of aryl methyl sites for hydroxylation is 1. The summed E-state index contributed by atoms with van der Waals surface area (Å²) in [5.74, 6) is -2.32. The van der Waals surface area contributed by atoms with Gasteiger partial charge in [-0.2, -0.15) is 0 Å². The molecule has 2 rings (SSSR count). The number of carbonyl (C=O) groups is 1. The molecule has 0 unspecified atom stereocenters. The van der Waals surface area contributed by atoms with Crippen molar-refractivity contribution in [2.75, 3.05) is 10.8 Å². The first-order valence-corrected chi connectivity index (χ1v) is 6.54. The summed E-state index contributed by atoms with van der Waals surface area (Å²) >= 11 is 0. The van der Waals surface area contributed by atoms with Crippen molar-refractivity contribution in [2.24, 2.45) is 0 Å². The number of amides is 1. The molecule has 0 aromatic heterocycles. The number of aromatic hydroxyl groups is 1. The molecule has 98 valence electrons. The molecule has 0 atom stereocenters. The van der Waals surface area contributed by atoms with E-state index in [-0.39, 0.29) is 51.4 Å². The number of hydrogen-bond donors (Lipinski definition) is 1. The normalized spacial score (nSPS) is 16.9. The maximum Gasteiger partial charge on any atom is 1.00 e. The van der Waals surface area contributed by atoms with E-state index in [1.165, 1.54) is 6.07 Å². The third kappa shape index (κ3) is 3.28. The average molecular weight is 312 g/mol. The van der Waals surface area contributed by atoms with E-state index >= 15 is 0 Å². The van der Waals surface area contributed by atoms with Crippen molar-refractivity contribution < 1.29 is 74.1 Å². The first kappa shape index (κ1) is 16.9. The molecule has 1 aromatic rings. The maximum atomic E-state index is 13.8. The molecule has 1 amide bonds. The second-order valence-electron chi connectivity index (χ2n) is 3.77. The Morgan fingerprint density at radius 1 is 1.47 bits per heavy atom. The molecule has 1 aliphatic heterocycles. The second-order valence-corrected chi connectivity index (χ2v) is 5.29. The quantitative estimate of drug-likeness (QED) is 0.644. The molecule has 0 bridgehead atoms. The fourth-order valence-electron chi connectivity index (χ4n) is 1.70. The van der Waals surface area contributed by atoms with Crippen LogP contribution in [-0.2, 0) is 21.4 Å². The molecule has 1 N–H and O–H groups in total. The molecular formula is C10H10FKN2O4S. The summed E-state index contributed by atoms with van der Waals surface area (Å²) in [5, 5.41) is 9.68. The van der Waals surface area contributed by atoms with Gasteiger partial charge in [0.15, 0.2) is 16.0 Å². The number of carbonyl (C=O) groups excluding carboxylic acids is 1. The van der Waals surface area contributed by atoms with Crippen molar-refractivity contribution in [3.8, 4) is 5.75 Å². The minimum Gasteiger partial charge on any atom is -0.526 e. The number of halogens is 1. The van der Waals surface area contributed by atoms with Crippen LogP contribution in [0, 0.1) is 5.82 Å². The summed E-state index contributed by atoms with van der Waals surface area (Å²) in [6, 6.07) is 2.38. The summed E-state index contributed by atoms with van der Waals surface area (Å²) in [7, 11) is -4.25. The molecule has 1 aromatic carbocycles. The van der Waals surface area contributed by atoms with Gasteiger partial charge in [0, 0.05) is 0 Å². The molecule has 1 fully saturated rings. The zero-order valence-electron chi connectivity index (χ0n) is 10.4. The molecule has 6 nitrogen and oxygen atoms in total. The van der Waals surface area contributed by atoms with E-state index in [1.807, 2.05) is 0 Å². The van der Waals surface area contributed by atoms with Crippen LogP contribution in [0.1, 0.15) is 12.5 Å². The van der Waals surface area contributed by atoms with Gasteiger partial charge in [0.25, 0.3) is 0 Å². The van der Waals surface area contributed by atoms with Crippen LogP contribution in [0.15, 0.2) is 12.1 Å². The van der Waals surface area contributed by atoms with Crippen LogP contribution in [0.5, 0.6) is 5.75 Å². The van der Waals surface area contributed by atoms with Crippen molar-refractivity contribution in [1.29, 1.82) is 0 Å².